The Balaban J connectivity index is 2.32. The Kier molecular flexibility index (Phi) is 4.83. The fourth-order valence-electron chi connectivity index (χ4n) is 2.96. The third-order valence-electron chi connectivity index (χ3n) is 4.17. The average Bonchev–Trinajstić information content (AvgIpc) is 2.90. The van der Waals surface area contributed by atoms with Gasteiger partial charge in [-0.1, -0.05) is 13.8 Å². The van der Waals surface area contributed by atoms with Crippen LogP contribution >= 0.6 is 0 Å². The Morgan fingerprint density at radius 3 is 2.33 bits per heavy atom. The molecule has 1 unspecified atom stereocenters. The number of hydrogen-bond donors (Lipinski definition) is 1. The summed E-state index contributed by atoms with van der Waals surface area (Å²) in [6.07, 6.45) is 1.91. The van der Waals surface area contributed by atoms with Gasteiger partial charge in [0, 0.05) is 43.5 Å². The summed E-state index contributed by atoms with van der Waals surface area (Å²) < 4.78 is 3.97. The topological polar surface area (TPSA) is 47.7 Å². The van der Waals surface area contributed by atoms with Crippen LogP contribution in [0.1, 0.15) is 48.2 Å². The minimum absolute atomic E-state index is 0.281. The summed E-state index contributed by atoms with van der Waals surface area (Å²) in [6.45, 7) is 9.46. The first-order valence-corrected chi connectivity index (χ1v) is 7.73. The first kappa shape index (κ1) is 15.8. The summed E-state index contributed by atoms with van der Waals surface area (Å²) in [4.78, 5) is 0. The van der Waals surface area contributed by atoms with E-state index >= 15 is 0 Å². The molecule has 0 radical (unpaired) electrons. The normalized spacial score (nSPS) is 12.9. The molecular weight excluding hydrogens is 262 g/mol. The standard InChI is InChI=1S/C16H27N5/c1-7-13-9-14(21(6)19-13)10-15(17-8-2)16-11(3)18-20(5)12(16)4/h9,15,17H,7-8,10H2,1-6H3. The molecule has 5 nitrogen and oxygen atoms in total. The van der Waals surface area contributed by atoms with Gasteiger partial charge in [-0.25, -0.2) is 0 Å². The van der Waals surface area contributed by atoms with Crippen LogP contribution < -0.4 is 5.32 Å². The molecule has 0 aromatic carbocycles. The molecule has 0 aliphatic rings. The minimum Gasteiger partial charge on any atom is -0.310 e. The van der Waals surface area contributed by atoms with Crippen LogP contribution in [0.3, 0.4) is 0 Å². The van der Waals surface area contributed by atoms with E-state index in [1.807, 2.05) is 23.5 Å². The molecule has 0 aliphatic heterocycles. The van der Waals surface area contributed by atoms with Gasteiger partial charge in [-0.05, 0) is 32.9 Å². The van der Waals surface area contributed by atoms with Gasteiger partial charge in [0.05, 0.1) is 11.4 Å². The van der Waals surface area contributed by atoms with Crippen molar-refractivity contribution in [3.8, 4) is 0 Å². The van der Waals surface area contributed by atoms with Crippen molar-refractivity contribution in [1.29, 1.82) is 0 Å². The monoisotopic (exact) mass is 289 g/mol. The highest BCUT2D eigenvalue weighted by molar-refractivity contribution is 5.30. The van der Waals surface area contributed by atoms with E-state index in [2.05, 4.69) is 49.3 Å². The van der Waals surface area contributed by atoms with E-state index < -0.39 is 0 Å². The fourth-order valence-corrected chi connectivity index (χ4v) is 2.96. The van der Waals surface area contributed by atoms with Gasteiger partial charge in [0.15, 0.2) is 0 Å². The zero-order valence-corrected chi connectivity index (χ0v) is 14.1. The molecule has 1 atom stereocenters. The van der Waals surface area contributed by atoms with Gasteiger partial charge in [0.2, 0.25) is 0 Å². The molecule has 1 N–H and O–H groups in total. The van der Waals surface area contributed by atoms with E-state index in [1.54, 1.807) is 0 Å². The maximum absolute atomic E-state index is 4.55. The molecule has 0 amide bonds. The van der Waals surface area contributed by atoms with Gasteiger partial charge in [0.25, 0.3) is 0 Å². The maximum Gasteiger partial charge on any atom is 0.0644 e. The second-order valence-corrected chi connectivity index (χ2v) is 5.63. The van der Waals surface area contributed by atoms with Crippen molar-refractivity contribution in [3.05, 3.63) is 34.4 Å². The number of likely N-dealkylation sites (N-methyl/N-ethyl adjacent to an activating group) is 1. The summed E-state index contributed by atoms with van der Waals surface area (Å²) in [7, 11) is 4.04. The highest BCUT2D eigenvalue weighted by atomic mass is 15.3. The van der Waals surface area contributed by atoms with E-state index in [4.69, 9.17) is 0 Å². The van der Waals surface area contributed by atoms with Gasteiger partial charge in [-0.2, -0.15) is 10.2 Å². The van der Waals surface area contributed by atoms with Crippen LogP contribution in [0.5, 0.6) is 0 Å². The van der Waals surface area contributed by atoms with Crippen LogP contribution in [0.25, 0.3) is 0 Å². The second kappa shape index (κ2) is 6.43. The molecule has 2 heterocycles. The molecule has 2 rings (SSSR count). The molecule has 0 bridgehead atoms. The highest BCUT2D eigenvalue weighted by Crippen LogP contribution is 2.24. The molecule has 116 valence electrons. The van der Waals surface area contributed by atoms with Gasteiger partial charge in [-0.3, -0.25) is 9.36 Å². The Labute approximate surface area is 127 Å². The number of hydrogen-bond acceptors (Lipinski definition) is 3. The van der Waals surface area contributed by atoms with Crippen LogP contribution in [0.4, 0.5) is 0 Å². The summed E-state index contributed by atoms with van der Waals surface area (Å²) in [5, 5.41) is 12.7. The molecular formula is C16H27N5. The third-order valence-corrected chi connectivity index (χ3v) is 4.17. The van der Waals surface area contributed by atoms with Crippen LogP contribution in [-0.2, 0) is 26.9 Å². The molecule has 0 saturated carbocycles. The Morgan fingerprint density at radius 2 is 1.86 bits per heavy atom. The van der Waals surface area contributed by atoms with Crippen molar-refractivity contribution in [3.63, 3.8) is 0 Å². The lowest BCUT2D eigenvalue weighted by molar-refractivity contribution is 0.523. The van der Waals surface area contributed by atoms with Gasteiger partial charge in [-0.15, -0.1) is 0 Å². The summed E-state index contributed by atoms with van der Waals surface area (Å²) in [6, 6.07) is 2.49. The van der Waals surface area contributed by atoms with E-state index in [0.717, 1.165) is 30.8 Å². The van der Waals surface area contributed by atoms with Crippen molar-refractivity contribution < 1.29 is 0 Å². The average molecular weight is 289 g/mol. The second-order valence-electron chi connectivity index (χ2n) is 5.63. The number of nitrogens with zero attached hydrogens (tertiary/aromatic N) is 4. The van der Waals surface area contributed by atoms with Crippen LogP contribution in [0, 0.1) is 13.8 Å². The lowest BCUT2D eigenvalue weighted by Crippen LogP contribution is -2.25. The lowest BCUT2D eigenvalue weighted by atomic mass is 9.99. The van der Waals surface area contributed by atoms with Gasteiger partial charge < -0.3 is 5.32 Å². The fraction of sp³-hybridized carbons (Fsp3) is 0.625. The number of aromatic nitrogens is 4. The molecule has 2 aromatic heterocycles. The Morgan fingerprint density at radius 1 is 1.14 bits per heavy atom. The van der Waals surface area contributed by atoms with Crippen molar-refractivity contribution in [2.24, 2.45) is 14.1 Å². The van der Waals surface area contributed by atoms with Crippen molar-refractivity contribution in [2.45, 2.75) is 46.6 Å². The number of aryl methyl sites for hydroxylation is 4. The molecule has 0 fully saturated rings. The van der Waals surface area contributed by atoms with E-state index in [0.29, 0.717) is 0 Å². The SMILES string of the molecule is CCNC(Cc1cc(CC)nn1C)c1c(C)nn(C)c1C. The molecule has 0 spiro atoms. The quantitative estimate of drug-likeness (QED) is 0.887. The molecule has 0 saturated heterocycles. The smallest absolute Gasteiger partial charge is 0.0644 e. The highest BCUT2D eigenvalue weighted by Gasteiger charge is 2.21. The van der Waals surface area contributed by atoms with E-state index in [-0.39, 0.29) is 6.04 Å². The molecule has 21 heavy (non-hydrogen) atoms. The lowest BCUT2D eigenvalue weighted by Gasteiger charge is -2.19. The molecule has 2 aromatic rings. The maximum atomic E-state index is 4.55. The molecule has 0 aliphatic carbocycles. The Bertz CT molecular complexity index is 608. The van der Waals surface area contributed by atoms with Crippen molar-refractivity contribution in [2.75, 3.05) is 6.54 Å². The first-order chi connectivity index (χ1) is 9.97. The van der Waals surface area contributed by atoms with Crippen molar-refractivity contribution in [1.82, 2.24) is 24.9 Å². The van der Waals surface area contributed by atoms with Crippen LogP contribution in [0.15, 0.2) is 6.07 Å². The third kappa shape index (κ3) is 3.18. The predicted octanol–water partition coefficient (Wildman–Crippen LogP) is 2.23. The Hall–Kier alpha value is -1.62. The predicted molar refractivity (Wildman–Crippen MR) is 85.4 cm³/mol. The van der Waals surface area contributed by atoms with Gasteiger partial charge in [0.1, 0.15) is 0 Å². The van der Waals surface area contributed by atoms with Crippen LogP contribution in [-0.4, -0.2) is 26.1 Å². The zero-order valence-electron chi connectivity index (χ0n) is 14.1. The van der Waals surface area contributed by atoms with E-state index in [9.17, 15) is 0 Å². The summed E-state index contributed by atoms with van der Waals surface area (Å²) in [5.74, 6) is 0. The van der Waals surface area contributed by atoms with Gasteiger partial charge >= 0.3 is 0 Å². The minimum atomic E-state index is 0.281. The number of rotatable bonds is 6. The zero-order chi connectivity index (χ0) is 15.6. The first-order valence-electron chi connectivity index (χ1n) is 7.73. The van der Waals surface area contributed by atoms with Crippen molar-refractivity contribution >= 4 is 0 Å². The summed E-state index contributed by atoms with van der Waals surface area (Å²) >= 11 is 0. The van der Waals surface area contributed by atoms with E-state index in [1.165, 1.54) is 17.0 Å². The largest absolute Gasteiger partial charge is 0.310 e. The number of nitrogens with one attached hydrogen (secondary N) is 1. The summed E-state index contributed by atoms with van der Waals surface area (Å²) in [5.41, 5.74) is 6.08. The molecule has 5 heteroatoms. The van der Waals surface area contributed by atoms with Crippen LogP contribution in [0.2, 0.25) is 0 Å².